The van der Waals surface area contributed by atoms with Crippen LogP contribution in [-0.4, -0.2) is 0 Å². The first-order valence-corrected chi connectivity index (χ1v) is 6.06. The molecule has 0 spiro atoms. The summed E-state index contributed by atoms with van der Waals surface area (Å²) in [6.07, 6.45) is 0. The molecule has 1 heterocycles. The van der Waals surface area contributed by atoms with E-state index in [9.17, 15) is 4.39 Å². The summed E-state index contributed by atoms with van der Waals surface area (Å²) in [4.78, 5) is 0. The quantitative estimate of drug-likeness (QED) is 0.639. The van der Waals surface area contributed by atoms with Crippen molar-refractivity contribution in [2.75, 3.05) is 0 Å². The number of nitrogens with zero attached hydrogens (tertiary/aromatic N) is 1. The van der Waals surface area contributed by atoms with Crippen LogP contribution in [-0.2, 0) is 7.05 Å². The Bertz CT molecular complexity index is 704. The van der Waals surface area contributed by atoms with Gasteiger partial charge in [0.2, 0.25) is 5.76 Å². The van der Waals surface area contributed by atoms with Gasteiger partial charge in [-0.2, -0.15) is 0 Å². The molecule has 0 fully saturated rings. The Labute approximate surface area is 110 Å². The van der Waals surface area contributed by atoms with Crippen LogP contribution >= 0.6 is 0 Å². The lowest BCUT2D eigenvalue weighted by Crippen LogP contribution is -2.26. The molecule has 0 atom stereocenters. The Morgan fingerprint density at radius 2 is 1.63 bits per heavy atom. The molecule has 0 aliphatic carbocycles. The molecule has 3 heteroatoms. The zero-order valence-corrected chi connectivity index (χ0v) is 10.5. The van der Waals surface area contributed by atoms with Crippen molar-refractivity contribution >= 4 is 0 Å². The van der Waals surface area contributed by atoms with Gasteiger partial charge in [-0.3, -0.25) is 0 Å². The van der Waals surface area contributed by atoms with Gasteiger partial charge in [-0.25, -0.2) is 8.91 Å². The van der Waals surface area contributed by atoms with Crippen LogP contribution in [0.2, 0.25) is 0 Å². The van der Waals surface area contributed by atoms with Crippen molar-refractivity contribution in [1.82, 2.24) is 0 Å². The molecule has 2 nitrogen and oxygen atoms in total. The summed E-state index contributed by atoms with van der Waals surface area (Å²) in [5.74, 6) is 0.388. The minimum Gasteiger partial charge on any atom is -0.236 e. The molecule has 0 aliphatic rings. The Morgan fingerprint density at radius 3 is 2.37 bits per heavy atom. The van der Waals surface area contributed by atoms with Crippen LogP contribution in [0.1, 0.15) is 0 Å². The van der Waals surface area contributed by atoms with Crippen molar-refractivity contribution in [2.45, 2.75) is 0 Å². The molecule has 0 aliphatic heterocycles. The van der Waals surface area contributed by atoms with E-state index in [1.807, 2.05) is 49.5 Å². The van der Waals surface area contributed by atoms with E-state index in [1.54, 1.807) is 10.8 Å². The Kier molecular flexibility index (Phi) is 2.88. The highest BCUT2D eigenvalue weighted by Gasteiger charge is 2.18. The van der Waals surface area contributed by atoms with Crippen LogP contribution in [0.4, 0.5) is 4.39 Å². The molecule has 0 saturated carbocycles. The number of hydrogen-bond donors (Lipinski definition) is 0. The second-order valence-corrected chi connectivity index (χ2v) is 4.36. The van der Waals surface area contributed by atoms with E-state index in [-0.39, 0.29) is 5.82 Å². The predicted octanol–water partition coefficient (Wildman–Crippen LogP) is 3.58. The number of rotatable bonds is 2. The molecular formula is C16H13FNO+. The van der Waals surface area contributed by atoms with E-state index in [4.69, 9.17) is 4.52 Å². The maximum Gasteiger partial charge on any atom is 0.262 e. The van der Waals surface area contributed by atoms with Crippen molar-refractivity contribution in [3.05, 3.63) is 66.5 Å². The zero-order chi connectivity index (χ0) is 13.2. The molecule has 0 N–H and O–H groups in total. The van der Waals surface area contributed by atoms with E-state index in [2.05, 4.69) is 0 Å². The molecule has 3 rings (SSSR count). The van der Waals surface area contributed by atoms with Crippen molar-refractivity contribution in [2.24, 2.45) is 7.05 Å². The highest BCUT2D eigenvalue weighted by atomic mass is 19.1. The number of aromatic nitrogens is 1. The van der Waals surface area contributed by atoms with Gasteiger partial charge in [0.25, 0.3) is 5.69 Å². The van der Waals surface area contributed by atoms with E-state index in [1.165, 1.54) is 12.1 Å². The third-order valence-electron chi connectivity index (χ3n) is 3.02. The fourth-order valence-electron chi connectivity index (χ4n) is 2.09. The van der Waals surface area contributed by atoms with Crippen LogP contribution in [0, 0.1) is 5.82 Å². The predicted molar refractivity (Wildman–Crippen MR) is 70.7 cm³/mol. The molecular weight excluding hydrogens is 241 g/mol. The van der Waals surface area contributed by atoms with Crippen molar-refractivity contribution in [1.29, 1.82) is 0 Å². The molecule has 0 saturated heterocycles. The second kappa shape index (κ2) is 4.69. The van der Waals surface area contributed by atoms with Gasteiger partial charge in [0.05, 0.1) is 11.6 Å². The number of hydrogen-bond acceptors (Lipinski definition) is 1. The summed E-state index contributed by atoms with van der Waals surface area (Å²) in [5.41, 5.74) is 2.76. The average Bonchev–Trinajstić information content (AvgIpc) is 2.82. The summed E-state index contributed by atoms with van der Waals surface area (Å²) in [7, 11) is 1.84. The molecule has 19 heavy (non-hydrogen) atoms. The van der Waals surface area contributed by atoms with Gasteiger partial charge < -0.3 is 0 Å². The summed E-state index contributed by atoms with van der Waals surface area (Å²) >= 11 is 0. The first kappa shape index (κ1) is 11.7. The largest absolute Gasteiger partial charge is 0.262 e. The van der Waals surface area contributed by atoms with E-state index >= 15 is 0 Å². The van der Waals surface area contributed by atoms with Crippen molar-refractivity contribution < 1.29 is 13.7 Å². The molecule has 0 radical (unpaired) electrons. The Balaban J connectivity index is 2.07. The fourth-order valence-corrected chi connectivity index (χ4v) is 2.09. The smallest absolute Gasteiger partial charge is 0.236 e. The molecule has 1 aromatic heterocycles. The number of halogens is 1. The number of aryl methyl sites for hydroxylation is 1. The molecule has 2 aromatic carbocycles. The Hall–Kier alpha value is -2.42. The first-order valence-electron chi connectivity index (χ1n) is 6.06. The van der Waals surface area contributed by atoms with E-state index in [0.29, 0.717) is 5.76 Å². The lowest BCUT2D eigenvalue weighted by molar-refractivity contribution is -0.834. The van der Waals surface area contributed by atoms with Gasteiger partial charge in [0.15, 0.2) is 7.05 Å². The summed E-state index contributed by atoms with van der Waals surface area (Å²) < 4.78 is 20.6. The van der Waals surface area contributed by atoms with Gasteiger partial charge >= 0.3 is 0 Å². The molecule has 0 amide bonds. The normalized spacial score (nSPS) is 10.6. The third-order valence-corrected chi connectivity index (χ3v) is 3.02. The number of benzene rings is 2. The maximum absolute atomic E-state index is 13.2. The van der Waals surface area contributed by atoms with Crippen LogP contribution < -0.4 is 4.74 Å². The lowest BCUT2D eigenvalue weighted by atomic mass is 10.1. The van der Waals surface area contributed by atoms with Crippen molar-refractivity contribution in [3.63, 3.8) is 0 Å². The van der Waals surface area contributed by atoms with Gasteiger partial charge in [0.1, 0.15) is 5.82 Å². The highest BCUT2D eigenvalue weighted by molar-refractivity contribution is 5.64. The van der Waals surface area contributed by atoms with E-state index < -0.39 is 0 Å². The lowest BCUT2D eigenvalue weighted by Gasteiger charge is -1.92. The topological polar surface area (TPSA) is 17.0 Å². The summed E-state index contributed by atoms with van der Waals surface area (Å²) in [6, 6.07) is 18.3. The molecule has 0 bridgehead atoms. The van der Waals surface area contributed by atoms with Crippen LogP contribution in [0.5, 0.6) is 0 Å². The molecule has 0 unspecified atom stereocenters. The Morgan fingerprint density at radius 1 is 0.895 bits per heavy atom. The molecule has 3 aromatic rings. The SMILES string of the molecule is C[n+]1oc(-c2cccc(F)c2)cc1-c1ccccc1. The maximum atomic E-state index is 13.2. The van der Waals surface area contributed by atoms with Gasteiger partial charge in [-0.15, -0.1) is 0 Å². The van der Waals surface area contributed by atoms with Crippen LogP contribution in [0.25, 0.3) is 22.6 Å². The van der Waals surface area contributed by atoms with Gasteiger partial charge in [-0.05, 0) is 29.0 Å². The van der Waals surface area contributed by atoms with Crippen LogP contribution in [0.3, 0.4) is 0 Å². The summed E-state index contributed by atoms with van der Waals surface area (Å²) in [5, 5.41) is 0. The third kappa shape index (κ3) is 2.27. The standard InChI is InChI=1S/C16H13FNO/c1-18-15(12-6-3-2-4-7-12)11-16(19-18)13-8-5-9-14(17)10-13/h2-11H,1H3/q+1. The van der Waals surface area contributed by atoms with Crippen LogP contribution in [0.15, 0.2) is 65.2 Å². The fraction of sp³-hybridized carbons (Fsp3) is 0.0625. The zero-order valence-electron chi connectivity index (χ0n) is 10.5. The van der Waals surface area contributed by atoms with Gasteiger partial charge in [-0.1, -0.05) is 30.3 Å². The minimum absolute atomic E-state index is 0.266. The minimum atomic E-state index is -0.266. The molecule has 94 valence electrons. The monoisotopic (exact) mass is 254 g/mol. The second-order valence-electron chi connectivity index (χ2n) is 4.36. The van der Waals surface area contributed by atoms with Crippen molar-refractivity contribution in [3.8, 4) is 22.6 Å². The first-order chi connectivity index (χ1) is 9.24. The van der Waals surface area contributed by atoms with Gasteiger partial charge in [0, 0.05) is 5.56 Å². The van der Waals surface area contributed by atoms with E-state index in [0.717, 1.165) is 16.8 Å². The summed E-state index contributed by atoms with van der Waals surface area (Å²) in [6.45, 7) is 0. The average molecular weight is 254 g/mol. The highest BCUT2D eigenvalue weighted by Crippen LogP contribution is 2.24.